The number of benzene rings is 1. The van der Waals surface area contributed by atoms with Crippen molar-refractivity contribution in [3.05, 3.63) is 23.8 Å². The number of Topliss-reactive ketones (excluding diaryl/α,β-unsaturated/α-hetero) is 1. The summed E-state index contributed by atoms with van der Waals surface area (Å²) in [7, 11) is 0. The first-order valence-electron chi connectivity index (χ1n) is 6.37. The van der Waals surface area contributed by atoms with E-state index in [0.29, 0.717) is 29.9 Å². The summed E-state index contributed by atoms with van der Waals surface area (Å²) in [5, 5.41) is 8.89. The smallest absolute Gasteiger partial charge is 0.184 e. The van der Waals surface area contributed by atoms with E-state index in [1.54, 1.807) is 18.2 Å². The van der Waals surface area contributed by atoms with Gasteiger partial charge in [-0.2, -0.15) is 5.26 Å². The van der Waals surface area contributed by atoms with E-state index in [0.717, 1.165) is 0 Å². The Balaban J connectivity index is 2.29. The van der Waals surface area contributed by atoms with E-state index in [2.05, 4.69) is 6.07 Å². The summed E-state index contributed by atoms with van der Waals surface area (Å²) in [6, 6.07) is 7.17. The Labute approximate surface area is 112 Å². The molecule has 1 aromatic carbocycles. The number of hydrogen-bond acceptors (Lipinski definition) is 4. The summed E-state index contributed by atoms with van der Waals surface area (Å²) >= 11 is 0. The van der Waals surface area contributed by atoms with E-state index < -0.39 is 11.7 Å². The van der Waals surface area contributed by atoms with E-state index >= 15 is 0 Å². The van der Waals surface area contributed by atoms with Crippen molar-refractivity contribution in [3.63, 3.8) is 0 Å². The average molecular weight is 259 g/mol. The fourth-order valence-electron chi connectivity index (χ4n) is 2.07. The van der Waals surface area contributed by atoms with Crippen LogP contribution in [0.15, 0.2) is 18.2 Å². The highest BCUT2D eigenvalue weighted by molar-refractivity contribution is 6.00. The van der Waals surface area contributed by atoms with Crippen molar-refractivity contribution in [2.45, 2.75) is 45.3 Å². The van der Waals surface area contributed by atoms with Gasteiger partial charge in [-0.25, -0.2) is 0 Å². The molecule has 0 radical (unpaired) electrons. The van der Waals surface area contributed by atoms with Crippen LogP contribution in [0.5, 0.6) is 11.5 Å². The second-order valence-corrected chi connectivity index (χ2v) is 5.26. The number of ether oxygens (including phenoxy) is 2. The Kier molecular flexibility index (Phi) is 3.48. The van der Waals surface area contributed by atoms with Gasteiger partial charge in [-0.1, -0.05) is 6.92 Å². The van der Waals surface area contributed by atoms with Crippen LogP contribution in [0.2, 0.25) is 0 Å². The van der Waals surface area contributed by atoms with Gasteiger partial charge in [-0.05, 0) is 32.4 Å². The van der Waals surface area contributed by atoms with Gasteiger partial charge < -0.3 is 9.47 Å². The summed E-state index contributed by atoms with van der Waals surface area (Å²) in [6.07, 6.45) is 0.500. The van der Waals surface area contributed by atoms with Crippen molar-refractivity contribution in [3.8, 4) is 17.6 Å². The molecule has 1 aliphatic rings. The Bertz CT molecular complexity index is 543. The number of ketones is 1. The predicted molar refractivity (Wildman–Crippen MR) is 70.4 cm³/mol. The third-order valence-corrected chi connectivity index (χ3v) is 3.02. The van der Waals surface area contributed by atoms with E-state index in [9.17, 15) is 4.79 Å². The number of rotatable bonds is 3. The minimum absolute atomic E-state index is 0.0742. The molecule has 1 heterocycles. The normalized spacial score (nSPS) is 17.9. The molecule has 0 saturated heterocycles. The summed E-state index contributed by atoms with van der Waals surface area (Å²) in [4.78, 5) is 12.0. The van der Waals surface area contributed by atoms with Gasteiger partial charge in [0, 0.05) is 6.07 Å². The Hall–Kier alpha value is -2.02. The van der Waals surface area contributed by atoms with Crippen molar-refractivity contribution < 1.29 is 14.3 Å². The summed E-state index contributed by atoms with van der Waals surface area (Å²) < 4.78 is 11.3. The SMILES string of the molecule is CCC(C#N)Oc1ccc2c(c1)OC(C)(C)CC2=O. The topological polar surface area (TPSA) is 59.3 Å². The summed E-state index contributed by atoms with van der Waals surface area (Å²) in [5.74, 6) is 1.16. The molecule has 0 spiro atoms. The van der Waals surface area contributed by atoms with Crippen LogP contribution in [0.1, 0.15) is 44.0 Å². The van der Waals surface area contributed by atoms with E-state index in [-0.39, 0.29) is 5.78 Å². The molecule has 0 aromatic heterocycles. The molecule has 19 heavy (non-hydrogen) atoms. The summed E-state index contributed by atoms with van der Waals surface area (Å²) in [6.45, 7) is 5.65. The predicted octanol–water partition coefficient (Wildman–Crippen LogP) is 3.11. The van der Waals surface area contributed by atoms with E-state index in [1.165, 1.54) is 0 Å². The van der Waals surface area contributed by atoms with Gasteiger partial charge in [-0.15, -0.1) is 0 Å². The highest BCUT2D eigenvalue weighted by Crippen LogP contribution is 2.35. The minimum atomic E-state index is -0.498. The van der Waals surface area contributed by atoms with Gasteiger partial charge in [0.2, 0.25) is 0 Å². The van der Waals surface area contributed by atoms with Crippen LogP contribution in [0.4, 0.5) is 0 Å². The second-order valence-electron chi connectivity index (χ2n) is 5.26. The standard InChI is InChI=1S/C15H17NO3/c1-4-10(9-16)18-11-5-6-12-13(17)8-15(2,3)19-14(12)7-11/h5-7,10H,4,8H2,1-3H3. The van der Waals surface area contributed by atoms with Crippen LogP contribution >= 0.6 is 0 Å². The zero-order valence-corrected chi connectivity index (χ0v) is 11.4. The van der Waals surface area contributed by atoms with Gasteiger partial charge in [0.15, 0.2) is 11.9 Å². The maximum atomic E-state index is 12.0. The van der Waals surface area contributed by atoms with Crippen molar-refractivity contribution in [1.82, 2.24) is 0 Å². The number of nitrogens with zero attached hydrogens (tertiary/aromatic N) is 1. The van der Waals surface area contributed by atoms with Crippen molar-refractivity contribution >= 4 is 5.78 Å². The van der Waals surface area contributed by atoms with Crippen molar-refractivity contribution in [1.29, 1.82) is 5.26 Å². The fourth-order valence-corrected chi connectivity index (χ4v) is 2.07. The van der Waals surface area contributed by atoms with Crippen LogP contribution in [0, 0.1) is 11.3 Å². The third kappa shape index (κ3) is 2.87. The number of fused-ring (bicyclic) bond motifs is 1. The molecular weight excluding hydrogens is 242 g/mol. The van der Waals surface area contributed by atoms with E-state index in [4.69, 9.17) is 14.7 Å². The second kappa shape index (κ2) is 4.93. The number of hydrogen-bond donors (Lipinski definition) is 0. The van der Waals surface area contributed by atoms with Gasteiger partial charge in [-0.3, -0.25) is 4.79 Å². The first-order chi connectivity index (χ1) is 8.95. The number of carbonyl (C=O) groups excluding carboxylic acids is 1. The lowest BCUT2D eigenvalue weighted by Crippen LogP contribution is -2.35. The lowest BCUT2D eigenvalue weighted by atomic mass is 9.93. The fraction of sp³-hybridized carbons (Fsp3) is 0.467. The zero-order chi connectivity index (χ0) is 14.0. The molecular formula is C15H17NO3. The lowest BCUT2D eigenvalue weighted by Gasteiger charge is -2.31. The van der Waals surface area contributed by atoms with Gasteiger partial charge in [0.05, 0.1) is 12.0 Å². The zero-order valence-electron chi connectivity index (χ0n) is 11.4. The van der Waals surface area contributed by atoms with Crippen LogP contribution in [0.3, 0.4) is 0 Å². The monoisotopic (exact) mass is 259 g/mol. The first kappa shape index (κ1) is 13.4. The van der Waals surface area contributed by atoms with Gasteiger partial charge >= 0.3 is 0 Å². The third-order valence-electron chi connectivity index (χ3n) is 3.02. The highest BCUT2D eigenvalue weighted by atomic mass is 16.5. The molecule has 1 aliphatic heterocycles. The van der Waals surface area contributed by atoms with Crippen molar-refractivity contribution in [2.75, 3.05) is 0 Å². The van der Waals surface area contributed by atoms with Gasteiger partial charge in [0.1, 0.15) is 23.2 Å². The molecule has 1 unspecified atom stereocenters. The molecule has 4 nitrogen and oxygen atoms in total. The molecule has 100 valence electrons. The minimum Gasteiger partial charge on any atom is -0.486 e. The summed E-state index contributed by atoms with van der Waals surface area (Å²) in [5.41, 5.74) is 0.0823. The molecule has 0 amide bonds. The molecule has 1 aromatic rings. The molecule has 2 rings (SSSR count). The van der Waals surface area contributed by atoms with Gasteiger partial charge in [0.25, 0.3) is 0 Å². The van der Waals surface area contributed by atoms with Crippen molar-refractivity contribution in [2.24, 2.45) is 0 Å². The molecule has 1 atom stereocenters. The van der Waals surface area contributed by atoms with Crippen LogP contribution in [-0.2, 0) is 0 Å². The molecule has 0 saturated carbocycles. The lowest BCUT2D eigenvalue weighted by molar-refractivity contribution is 0.0618. The van der Waals surface area contributed by atoms with Crippen LogP contribution in [-0.4, -0.2) is 17.5 Å². The number of carbonyl (C=O) groups is 1. The highest BCUT2D eigenvalue weighted by Gasteiger charge is 2.32. The Morgan fingerprint density at radius 3 is 2.89 bits per heavy atom. The number of nitriles is 1. The Morgan fingerprint density at radius 1 is 1.53 bits per heavy atom. The maximum Gasteiger partial charge on any atom is 0.184 e. The van der Waals surface area contributed by atoms with Crippen LogP contribution < -0.4 is 9.47 Å². The van der Waals surface area contributed by atoms with Crippen LogP contribution in [0.25, 0.3) is 0 Å². The quantitative estimate of drug-likeness (QED) is 0.836. The maximum absolute atomic E-state index is 12.0. The molecule has 0 aliphatic carbocycles. The Morgan fingerprint density at radius 2 is 2.26 bits per heavy atom. The average Bonchev–Trinajstić information content (AvgIpc) is 2.34. The molecule has 4 heteroatoms. The largest absolute Gasteiger partial charge is 0.486 e. The molecule has 0 N–H and O–H groups in total. The first-order valence-corrected chi connectivity index (χ1v) is 6.37. The molecule has 0 fully saturated rings. The molecule has 0 bridgehead atoms. The van der Waals surface area contributed by atoms with E-state index in [1.807, 2.05) is 20.8 Å².